The van der Waals surface area contributed by atoms with Crippen LogP contribution in [-0.2, 0) is 13.9 Å². The third-order valence-corrected chi connectivity index (χ3v) is 11.3. The molecule has 0 radical (unpaired) electrons. The lowest BCUT2D eigenvalue weighted by Gasteiger charge is -2.45. The molecular formula is C22H42O3Si. The van der Waals surface area contributed by atoms with Gasteiger partial charge >= 0.3 is 0 Å². The van der Waals surface area contributed by atoms with E-state index >= 15 is 0 Å². The Balaban J connectivity index is 1.87. The smallest absolute Gasteiger partial charge is 0.210 e. The van der Waals surface area contributed by atoms with Gasteiger partial charge in [0.25, 0.3) is 0 Å². The Morgan fingerprint density at radius 2 is 2.00 bits per heavy atom. The van der Waals surface area contributed by atoms with Gasteiger partial charge in [-0.2, -0.15) is 0 Å². The van der Waals surface area contributed by atoms with E-state index in [1.807, 2.05) is 6.26 Å². The molecule has 2 heterocycles. The summed E-state index contributed by atoms with van der Waals surface area (Å²) < 4.78 is 19.1. The fourth-order valence-corrected chi connectivity index (χ4v) is 4.65. The maximum absolute atomic E-state index is 6.55. The van der Waals surface area contributed by atoms with Crippen LogP contribution >= 0.6 is 0 Å². The molecule has 1 spiro atoms. The molecule has 3 atom stereocenters. The first kappa shape index (κ1) is 22.0. The van der Waals surface area contributed by atoms with Crippen molar-refractivity contribution in [2.45, 2.75) is 116 Å². The Hall–Kier alpha value is -0.323. The maximum Gasteiger partial charge on any atom is 0.210 e. The van der Waals surface area contributed by atoms with Gasteiger partial charge in [0, 0.05) is 19.4 Å². The van der Waals surface area contributed by atoms with Gasteiger partial charge in [-0.1, -0.05) is 41.0 Å². The molecule has 2 aliphatic rings. The summed E-state index contributed by atoms with van der Waals surface area (Å²) in [6.45, 7) is 16.9. The summed E-state index contributed by atoms with van der Waals surface area (Å²) in [6, 6.07) is 0. The van der Waals surface area contributed by atoms with Crippen molar-refractivity contribution in [1.82, 2.24) is 0 Å². The molecule has 0 aliphatic carbocycles. The minimum Gasteiger partial charge on any atom is -0.470 e. The molecule has 0 aromatic heterocycles. The molecule has 26 heavy (non-hydrogen) atoms. The van der Waals surface area contributed by atoms with E-state index in [-0.39, 0.29) is 16.9 Å². The molecule has 0 N–H and O–H groups in total. The summed E-state index contributed by atoms with van der Waals surface area (Å²) in [5, 5.41) is 0.263. The molecule has 0 aromatic carbocycles. The van der Waals surface area contributed by atoms with E-state index in [9.17, 15) is 0 Å². The quantitative estimate of drug-likeness (QED) is 0.453. The molecule has 0 amide bonds. The average Bonchev–Trinajstić information content (AvgIpc) is 2.57. The van der Waals surface area contributed by atoms with Crippen molar-refractivity contribution in [1.29, 1.82) is 0 Å². The molecule has 1 saturated heterocycles. The lowest BCUT2D eigenvalue weighted by molar-refractivity contribution is -0.277. The van der Waals surface area contributed by atoms with Crippen LogP contribution in [0.2, 0.25) is 18.1 Å². The van der Waals surface area contributed by atoms with E-state index in [2.05, 4.69) is 47.7 Å². The van der Waals surface area contributed by atoms with Crippen LogP contribution in [0.3, 0.4) is 0 Å². The van der Waals surface area contributed by atoms with Crippen LogP contribution in [0, 0.1) is 5.92 Å². The number of ether oxygens (including phenoxy) is 2. The van der Waals surface area contributed by atoms with Gasteiger partial charge in [-0.25, -0.2) is 0 Å². The van der Waals surface area contributed by atoms with Crippen molar-refractivity contribution in [3.63, 3.8) is 0 Å². The molecule has 3 nitrogen and oxygen atoms in total. The summed E-state index contributed by atoms with van der Waals surface area (Å²) in [4.78, 5) is 0. The minimum absolute atomic E-state index is 0.249. The first-order valence-corrected chi connectivity index (χ1v) is 13.7. The van der Waals surface area contributed by atoms with Crippen LogP contribution in [0.4, 0.5) is 0 Å². The number of unbranched alkanes of at least 4 members (excludes halogenated alkanes) is 1. The van der Waals surface area contributed by atoms with Gasteiger partial charge in [0.2, 0.25) is 5.79 Å². The fraction of sp³-hybridized carbons (Fsp3) is 0.909. The van der Waals surface area contributed by atoms with Crippen molar-refractivity contribution in [3.05, 3.63) is 11.8 Å². The standard InChI is InChI=1S/C22H42O3Si/c1-8-9-10-19-12-15-22(23-17-19)14-11-18(2)20(25-22)13-16-24-26(6,7)21(3,4)5/h17-18,20H,8-16H2,1-7H3/t18-,20+,22+/m0/s1. The van der Waals surface area contributed by atoms with Crippen LogP contribution < -0.4 is 0 Å². The normalized spacial score (nSPS) is 30.2. The molecular weight excluding hydrogens is 340 g/mol. The van der Waals surface area contributed by atoms with Gasteiger partial charge in [-0.15, -0.1) is 0 Å². The molecule has 1 fully saturated rings. The summed E-state index contributed by atoms with van der Waals surface area (Å²) >= 11 is 0. The monoisotopic (exact) mass is 382 g/mol. The highest BCUT2D eigenvalue weighted by Gasteiger charge is 2.43. The van der Waals surface area contributed by atoms with Gasteiger partial charge in [0.15, 0.2) is 8.32 Å². The van der Waals surface area contributed by atoms with E-state index < -0.39 is 8.32 Å². The van der Waals surface area contributed by atoms with Gasteiger partial charge in [0.05, 0.1) is 12.4 Å². The van der Waals surface area contributed by atoms with Gasteiger partial charge in [-0.3, -0.25) is 0 Å². The molecule has 0 saturated carbocycles. The van der Waals surface area contributed by atoms with Crippen LogP contribution in [-0.4, -0.2) is 26.8 Å². The van der Waals surface area contributed by atoms with E-state index in [1.54, 1.807) is 0 Å². The Labute approximate surface area is 163 Å². The van der Waals surface area contributed by atoms with Crippen molar-refractivity contribution in [2.75, 3.05) is 6.61 Å². The summed E-state index contributed by atoms with van der Waals surface area (Å²) in [5.74, 6) is 0.210. The average molecular weight is 383 g/mol. The Morgan fingerprint density at radius 1 is 1.27 bits per heavy atom. The van der Waals surface area contributed by atoms with E-state index in [4.69, 9.17) is 13.9 Å². The molecule has 2 aliphatic heterocycles. The first-order chi connectivity index (χ1) is 12.1. The lowest BCUT2D eigenvalue weighted by atomic mass is 9.86. The van der Waals surface area contributed by atoms with Crippen molar-refractivity contribution in [2.24, 2.45) is 5.92 Å². The van der Waals surface area contributed by atoms with E-state index in [0.717, 1.165) is 32.3 Å². The van der Waals surface area contributed by atoms with Crippen LogP contribution in [0.5, 0.6) is 0 Å². The molecule has 2 rings (SSSR count). The third-order valence-electron chi connectivity index (χ3n) is 6.77. The highest BCUT2D eigenvalue weighted by Crippen LogP contribution is 2.42. The van der Waals surface area contributed by atoms with Crippen molar-refractivity contribution < 1.29 is 13.9 Å². The molecule has 0 bridgehead atoms. The Morgan fingerprint density at radius 3 is 2.58 bits per heavy atom. The zero-order valence-corrected chi connectivity index (χ0v) is 19.3. The molecule has 0 unspecified atom stereocenters. The largest absolute Gasteiger partial charge is 0.470 e. The fourth-order valence-electron chi connectivity index (χ4n) is 3.59. The predicted molar refractivity (Wildman–Crippen MR) is 112 cm³/mol. The molecule has 152 valence electrons. The van der Waals surface area contributed by atoms with E-state index in [1.165, 1.54) is 31.3 Å². The van der Waals surface area contributed by atoms with Crippen LogP contribution in [0.25, 0.3) is 0 Å². The number of hydrogen-bond donors (Lipinski definition) is 0. The second-order valence-electron chi connectivity index (χ2n) is 9.98. The first-order valence-electron chi connectivity index (χ1n) is 10.8. The minimum atomic E-state index is -1.68. The summed E-state index contributed by atoms with van der Waals surface area (Å²) in [7, 11) is -1.68. The second kappa shape index (κ2) is 8.79. The SMILES string of the molecule is CCCCC1=CO[C@]2(CC1)CC[C@H](C)[C@@H](CCO[Si](C)(C)C(C)(C)C)O2. The second-order valence-corrected chi connectivity index (χ2v) is 14.8. The number of rotatable bonds is 7. The van der Waals surface area contributed by atoms with Gasteiger partial charge < -0.3 is 13.9 Å². The zero-order valence-electron chi connectivity index (χ0n) is 18.3. The third kappa shape index (κ3) is 5.59. The zero-order chi connectivity index (χ0) is 19.4. The Kier molecular flexibility index (Phi) is 7.43. The van der Waals surface area contributed by atoms with E-state index in [0.29, 0.717) is 5.92 Å². The topological polar surface area (TPSA) is 27.7 Å². The number of allylic oxidation sites excluding steroid dienone is 1. The Bertz CT molecular complexity index is 480. The highest BCUT2D eigenvalue weighted by atomic mass is 28.4. The van der Waals surface area contributed by atoms with Crippen molar-refractivity contribution in [3.8, 4) is 0 Å². The van der Waals surface area contributed by atoms with Crippen molar-refractivity contribution >= 4 is 8.32 Å². The number of hydrogen-bond acceptors (Lipinski definition) is 3. The predicted octanol–water partition coefficient (Wildman–Crippen LogP) is 6.79. The summed E-state index contributed by atoms with van der Waals surface area (Å²) in [5.41, 5.74) is 1.46. The van der Waals surface area contributed by atoms with Gasteiger partial charge in [-0.05, 0) is 61.7 Å². The van der Waals surface area contributed by atoms with Gasteiger partial charge in [0.1, 0.15) is 0 Å². The van der Waals surface area contributed by atoms with Crippen LogP contribution in [0.15, 0.2) is 11.8 Å². The maximum atomic E-state index is 6.55. The van der Waals surface area contributed by atoms with Crippen LogP contribution in [0.1, 0.15) is 86.0 Å². The molecule has 4 heteroatoms. The lowest BCUT2D eigenvalue weighted by Crippen LogP contribution is -2.47. The highest BCUT2D eigenvalue weighted by molar-refractivity contribution is 6.74. The molecule has 0 aromatic rings. The summed E-state index contributed by atoms with van der Waals surface area (Å²) in [6.07, 6.45) is 11.3.